The summed E-state index contributed by atoms with van der Waals surface area (Å²) in [7, 11) is 0. The van der Waals surface area contributed by atoms with E-state index in [4.69, 9.17) is 0 Å². The van der Waals surface area contributed by atoms with Crippen LogP contribution < -0.4 is 0 Å². The Morgan fingerprint density at radius 3 is 1.00 bits per heavy atom. The Balaban J connectivity index is 2.00. The van der Waals surface area contributed by atoms with Gasteiger partial charge < -0.3 is 0 Å². The molecule has 1 heterocycles. The van der Waals surface area contributed by atoms with Gasteiger partial charge in [-0.3, -0.25) is 0 Å². The van der Waals surface area contributed by atoms with E-state index >= 15 is 0 Å². The lowest BCUT2D eigenvalue weighted by atomic mass is 15.8. The maximum atomic E-state index is 4.54. The molecule has 0 N–H and O–H groups in total. The highest BCUT2D eigenvalue weighted by Gasteiger charge is 2.01. The molecule has 0 amide bonds. The Morgan fingerprint density at radius 2 is 0.750 bits per heavy atom. The van der Waals surface area contributed by atoms with Gasteiger partial charge in [-0.05, 0) is 0 Å². The molecule has 0 bridgehead atoms. The van der Waals surface area contributed by atoms with Crippen LogP contribution in [0.3, 0.4) is 0 Å². The zero-order valence-corrected chi connectivity index (χ0v) is 6.53. The van der Waals surface area contributed by atoms with E-state index in [1.54, 1.807) is 0 Å². The highest BCUT2D eigenvalue weighted by molar-refractivity contribution is 8.16. The molecule has 1 rings (SSSR count). The number of hydrogen-bond acceptors (Lipinski definition) is 8. The van der Waals surface area contributed by atoms with Gasteiger partial charge in [-0.1, -0.05) is 0 Å². The van der Waals surface area contributed by atoms with Crippen LogP contribution in [0, 0.1) is 0 Å². The van der Waals surface area contributed by atoms with E-state index in [1.165, 1.54) is 0 Å². The van der Waals surface area contributed by atoms with Crippen LogP contribution in [-0.4, -0.2) is 0 Å². The molecule has 0 atom stereocenters. The van der Waals surface area contributed by atoms with Crippen LogP contribution in [-0.2, 0) is 14.5 Å². The molecule has 0 unspecified atom stereocenters. The van der Waals surface area contributed by atoms with Gasteiger partial charge in [0.2, 0.25) is 0 Å². The fourth-order valence-electron chi connectivity index (χ4n) is 0.0907. The van der Waals surface area contributed by atoms with Gasteiger partial charge in [-0.25, -0.2) is 0 Å². The first kappa shape index (κ1) is 7.35. The van der Waals surface area contributed by atoms with Crippen molar-refractivity contribution in [3.63, 3.8) is 0 Å². The van der Waals surface area contributed by atoms with E-state index in [2.05, 4.69) is 14.5 Å². The quantitative estimate of drug-likeness (QED) is 0.541. The van der Waals surface area contributed by atoms with Crippen LogP contribution >= 0.6 is 49.3 Å². The molecule has 0 saturated carbocycles. The maximum absolute atomic E-state index is 4.54. The molecule has 4 nitrogen and oxygen atoms in total. The van der Waals surface area contributed by atoms with E-state index in [1.807, 2.05) is 0 Å². The van der Waals surface area contributed by atoms with Crippen molar-refractivity contribution in [1.82, 2.24) is 0 Å². The predicted molar refractivity (Wildman–Crippen MR) is 34.7 cm³/mol. The first-order valence-corrected chi connectivity index (χ1v) is 4.00. The summed E-state index contributed by atoms with van der Waals surface area (Å²) in [5, 5.41) is 0. The Bertz CT molecular complexity index is 32.0. The third-order valence-corrected chi connectivity index (χ3v) is 2.00. The molecule has 8 heavy (non-hydrogen) atoms. The zero-order valence-electron chi connectivity index (χ0n) is 3.27. The molecule has 1 fully saturated rings. The average Bonchev–Trinajstić information content (AvgIpc) is 1.62. The fourth-order valence-corrected chi connectivity index (χ4v) is 1.63. The second kappa shape index (κ2) is 5.06. The largest absolute Gasteiger partial charge is 0.188 e. The summed E-state index contributed by atoms with van der Waals surface area (Å²) in [6.07, 6.45) is 0. The summed E-state index contributed by atoms with van der Waals surface area (Å²) in [5.74, 6) is 0. The highest BCUT2D eigenvalue weighted by atomic mass is 32.3. The van der Waals surface area contributed by atoms with Gasteiger partial charge >= 0.3 is 0 Å². The van der Waals surface area contributed by atoms with E-state index in [0.717, 1.165) is 49.3 Å². The summed E-state index contributed by atoms with van der Waals surface area (Å²) in [5.41, 5.74) is 0. The standard InChI is InChI=1S/O4S4/c1-5-2-7-4-8-3-6-1. The minimum Gasteiger partial charge on any atom is -0.188 e. The van der Waals surface area contributed by atoms with Gasteiger partial charge in [0, 0.05) is 0 Å². The lowest BCUT2D eigenvalue weighted by Crippen LogP contribution is -1.74. The summed E-state index contributed by atoms with van der Waals surface area (Å²) >= 11 is 3.17. The van der Waals surface area contributed by atoms with Gasteiger partial charge in [-0.15, -0.1) is 0 Å². The third-order valence-electron chi connectivity index (χ3n) is 0.222. The molecule has 0 aliphatic carbocycles. The van der Waals surface area contributed by atoms with Crippen molar-refractivity contribution in [3.05, 3.63) is 0 Å². The predicted octanol–water partition coefficient (Wildman–Crippen LogP) is 2.32. The van der Waals surface area contributed by atoms with Crippen LogP contribution in [0.2, 0.25) is 0 Å². The second-order valence-corrected chi connectivity index (χ2v) is 3.27. The molecule has 8 heteroatoms. The Kier molecular flexibility index (Phi) is 4.65. The summed E-state index contributed by atoms with van der Waals surface area (Å²) < 4.78 is 18.2. The zero-order chi connectivity index (χ0) is 5.66. The maximum Gasteiger partial charge on any atom is 0.188 e. The van der Waals surface area contributed by atoms with Crippen LogP contribution in [0.1, 0.15) is 0 Å². The number of rotatable bonds is 0. The normalized spacial score (nSPS) is 24.0. The number of hydrogen-bond donors (Lipinski definition) is 0. The van der Waals surface area contributed by atoms with Crippen molar-refractivity contribution in [2.24, 2.45) is 0 Å². The molecule has 0 aromatic carbocycles. The van der Waals surface area contributed by atoms with E-state index < -0.39 is 0 Å². The summed E-state index contributed by atoms with van der Waals surface area (Å²) in [4.78, 5) is 0. The minimum absolute atomic E-state index is 0.792. The molecule has 1 aliphatic heterocycles. The first-order chi connectivity index (χ1) is 4.00. The van der Waals surface area contributed by atoms with Crippen molar-refractivity contribution >= 4 is 49.3 Å². The van der Waals surface area contributed by atoms with Crippen molar-refractivity contribution < 1.29 is 14.5 Å². The molecule has 1 saturated heterocycles. The van der Waals surface area contributed by atoms with Gasteiger partial charge in [-0.2, -0.15) is 14.5 Å². The smallest absolute Gasteiger partial charge is 0.188 e. The van der Waals surface area contributed by atoms with Crippen molar-refractivity contribution in [2.75, 3.05) is 0 Å². The molecule has 0 radical (unpaired) electrons. The van der Waals surface area contributed by atoms with Crippen molar-refractivity contribution in [3.8, 4) is 0 Å². The molecular weight excluding hydrogens is 192 g/mol. The lowest BCUT2D eigenvalue weighted by molar-refractivity contribution is 0.521. The first-order valence-electron chi connectivity index (χ1n) is 1.33. The minimum atomic E-state index is 0.792. The van der Waals surface area contributed by atoms with Crippen molar-refractivity contribution in [2.45, 2.75) is 0 Å². The van der Waals surface area contributed by atoms with Crippen LogP contribution in [0.5, 0.6) is 0 Å². The van der Waals surface area contributed by atoms with Crippen LogP contribution in [0.15, 0.2) is 0 Å². The van der Waals surface area contributed by atoms with Crippen LogP contribution in [0.25, 0.3) is 0 Å². The van der Waals surface area contributed by atoms with Crippen LogP contribution in [0.4, 0.5) is 0 Å². The van der Waals surface area contributed by atoms with E-state index in [0.29, 0.717) is 0 Å². The highest BCUT2D eigenvalue weighted by Crippen LogP contribution is 2.33. The SMILES string of the molecule is O1SOSOSOS1. The molecule has 0 aromatic heterocycles. The molecule has 1 aliphatic rings. The molecular formula is O4S4. The summed E-state index contributed by atoms with van der Waals surface area (Å²) in [6.45, 7) is 0. The average molecular weight is 192 g/mol. The Labute approximate surface area is 64.0 Å². The molecule has 0 spiro atoms. The Hall–Kier alpha value is 1.24. The van der Waals surface area contributed by atoms with Crippen molar-refractivity contribution in [1.29, 1.82) is 0 Å². The van der Waals surface area contributed by atoms with Gasteiger partial charge in [0.1, 0.15) is 0 Å². The van der Waals surface area contributed by atoms with Gasteiger partial charge in [0.25, 0.3) is 0 Å². The van der Waals surface area contributed by atoms with Gasteiger partial charge in [0.15, 0.2) is 49.3 Å². The molecule has 48 valence electrons. The lowest BCUT2D eigenvalue weighted by Gasteiger charge is -2.01. The van der Waals surface area contributed by atoms with Gasteiger partial charge in [0.05, 0.1) is 0 Å². The Morgan fingerprint density at radius 1 is 0.500 bits per heavy atom. The second-order valence-electron chi connectivity index (χ2n) is 0.544. The summed E-state index contributed by atoms with van der Waals surface area (Å²) in [6, 6.07) is 0. The molecule has 0 aromatic rings. The van der Waals surface area contributed by atoms with E-state index in [9.17, 15) is 0 Å². The topological polar surface area (TPSA) is 36.9 Å². The monoisotopic (exact) mass is 192 g/mol. The fraction of sp³-hybridized carbons (Fsp3) is 0. The van der Waals surface area contributed by atoms with E-state index in [-0.39, 0.29) is 0 Å². The third kappa shape index (κ3) is 3.30.